The van der Waals surface area contributed by atoms with Crippen LogP contribution in [0.5, 0.6) is 0 Å². The highest BCUT2D eigenvalue weighted by Gasteiger charge is 2.28. The molecule has 6 heteroatoms. The molecule has 1 aliphatic rings. The Morgan fingerprint density at radius 3 is 2.68 bits per heavy atom. The fourth-order valence-corrected chi connectivity index (χ4v) is 2.11. The number of amides is 2. The molecule has 1 aromatic carbocycles. The number of hydrogen-bond donors (Lipinski definition) is 3. The quantitative estimate of drug-likeness (QED) is 0.783. The van der Waals surface area contributed by atoms with Gasteiger partial charge >= 0.3 is 6.03 Å². The highest BCUT2D eigenvalue weighted by molar-refractivity contribution is 5.89. The minimum Gasteiger partial charge on any atom is -0.333 e. The predicted octanol–water partition coefficient (Wildman–Crippen LogP) is 2.51. The molecule has 2 amide bonds. The van der Waals surface area contributed by atoms with Gasteiger partial charge in [0.05, 0.1) is 0 Å². The third-order valence-electron chi connectivity index (χ3n) is 3.20. The minimum absolute atomic E-state index is 0. The van der Waals surface area contributed by atoms with Gasteiger partial charge in [-0.1, -0.05) is 6.07 Å². The summed E-state index contributed by atoms with van der Waals surface area (Å²) in [6.45, 7) is 3.83. The van der Waals surface area contributed by atoms with Gasteiger partial charge in [-0.05, 0) is 51.1 Å². The Morgan fingerprint density at radius 2 is 2.05 bits per heavy atom. The first-order valence-electron chi connectivity index (χ1n) is 6.13. The first kappa shape index (κ1) is 15.7. The second-order valence-electron chi connectivity index (χ2n) is 4.90. The van der Waals surface area contributed by atoms with Crippen molar-refractivity contribution in [2.24, 2.45) is 0 Å². The van der Waals surface area contributed by atoms with Crippen LogP contribution in [0.4, 0.5) is 14.9 Å². The normalized spacial score (nSPS) is 17.2. The van der Waals surface area contributed by atoms with Gasteiger partial charge in [-0.25, -0.2) is 9.18 Å². The summed E-state index contributed by atoms with van der Waals surface area (Å²) in [5, 5.41) is 8.84. The highest BCUT2D eigenvalue weighted by Crippen LogP contribution is 2.17. The molecule has 0 bridgehead atoms. The number of piperidine rings is 1. The molecule has 2 rings (SSSR count). The summed E-state index contributed by atoms with van der Waals surface area (Å²) in [5.74, 6) is -0.360. The molecule has 4 nitrogen and oxygen atoms in total. The summed E-state index contributed by atoms with van der Waals surface area (Å²) < 4.78 is 13.0. The van der Waals surface area contributed by atoms with Crippen molar-refractivity contribution in [3.63, 3.8) is 0 Å². The first-order chi connectivity index (χ1) is 8.57. The lowest BCUT2D eigenvalue weighted by atomic mass is 9.91. The number of carbonyl (C=O) groups excluding carboxylic acids is 1. The van der Waals surface area contributed by atoms with Crippen molar-refractivity contribution in [1.82, 2.24) is 10.6 Å². The fraction of sp³-hybridized carbons (Fsp3) is 0.462. The highest BCUT2D eigenvalue weighted by atomic mass is 35.5. The summed E-state index contributed by atoms with van der Waals surface area (Å²) in [7, 11) is 0. The average Bonchev–Trinajstić information content (AvgIpc) is 2.28. The molecule has 3 N–H and O–H groups in total. The largest absolute Gasteiger partial charge is 0.333 e. The van der Waals surface area contributed by atoms with Crippen molar-refractivity contribution in [3.05, 3.63) is 30.1 Å². The zero-order chi connectivity index (χ0) is 13.0. The zero-order valence-corrected chi connectivity index (χ0v) is 11.6. The molecule has 0 aromatic heterocycles. The van der Waals surface area contributed by atoms with Crippen LogP contribution in [0, 0.1) is 5.82 Å². The lowest BCUT2D eigenvalue weighted by Gasteiger charge is -2.34. The molecule has 106 valence electrons. The molecule has 19 heavy (non-hydrogen) atoms. The van der Waals surface area contributed by atoms with Crippen molar-refractivity contribution in [3.8, 4) is 0 Å². The van der Waals surface area contributed by atoms with E-state index in [-0.39, 0.29) is 29.8 Å². The van der Waals surface area contributed by atoms with Crippen LogP contribution in [0.1, 0.15) is 19.8 Å². The number of hydrogen-bond acceptors (Lipinski definition) is 2. The van der Waals surface area contributed by atoms with Gasteiger partial charge in [-0.15, -0.1) is 12.4 Å². The van der Waals surface area contributed by atoms with Crippen molar-refractivity contribution < 1.29 is 9.18 Å². The van der Waals surface area contributed by atoms with Gasteiger partial charge in [0.25, 0.3) is 0 Å². The second-order valence-corrected chi connectivity index (χ2v) is 4.90. The third-order valence-corrected chi connectivity index (χ3v) is 3.20. The lowest BCUT2D eigenvalue weighted by Crippen LogP contribution is -2.53. The number of benzene rings is 1. The Kier molecular flexibility index (Phi) is 5.57. The summed E-state index contributed by atoms with van der Waals surface area (Å²) in [4.78, 5) is 11.8. The smallest absolute Gasteiger partial charge is 0.319 e. The van der Waals surface area contributed by atoms with Gasteiger partial charge < -0.3 is 16.0 Å². The molecule has 1 saturated heterocycles. The number of anilines is 1. The van der Waals surface area contributed by atoms with Crippen molar-refractivity contribution in [1.29, 1.82) is 0 Å². The van der Waals surface area contributed by atoms with Gasteiger partial charge in [0.1, 0.15) is 5.82 Å². The Hall–Kier alpha value is -1.33. The Bertz CT molecular complexity index is 436. The number of halogens is 2. The van der Waals surface area contributed by atoms with E-state index in [1.54, 1.807) is 12.1 Å². The summed E-state index contributed by atoms with van der Waals surface area (Å²) in [5.41, 5.74) is 0.271. The van der Waals surface area contributed by atoms with E-state index in [0.717, 1.165) is 25.9 Å². The molecule has 0 aliphatic carbocycles. The second kappa shape index (κ2) is 6.73. The summed E-state index contributed by atoms with van der Waals surface area (Å²) in [6.07, 6.45) is 1.78. The predicted molar refractivity (Wildman–Crippen MR) is 76.3 cm³/mol. The minimum atomic E-state index is -0.360. The fourth-order valence-electron chi connectivity index (χ4n) is 2.11. The van der Waals surface area contributed by atoms with Crippen molar-refractivity contribution >= 4 is 24.1 Å². The van der Waals surface area contributed by atoms with Crippen LogP contribution in [0.25, 0.3) is 0 Å². The lowest BCUT2D eigenvalue weighted by molar-refractivity contribution is 0.225. The van der Waals surface area contributed by atoms with E-state index in [1.165, 1.54) is 12.1 Å². The Balaban J connectivity index is 0.00000180. The van der Waals surface area contributed by atoms with Crippen LogP contribution in [0.2, 0.25) is 0 Å². The molecule has 1 aromatic rings. The van der Waals surface area contributed by atoms with Crippen LogP contribution in [0.15, 0.2) is 24.3 Å². The Labute approximate surface area is 118 Å². The molecule has 1 heterocycles. The van der Waals surface area contributed by atoms with Gasteiger partial charge in [-0.3, -0.25) is 0 Å². The van der Waals surface area contributed by atoms with Gasteiger partial charge in [0.15, 0.2) is 0 Å². The van der Waals surface area contributed by atoms with E-state index >= 15 is 0 Å². The van der Waals surface area contributed by atoms with Crippen LogP contribution >= 0.6 is 12.4 Å². The number of urea groups is 1. The van der Waals surface area contributed by atoms with Gasteiger partial charge in [-0.2, -0.15) is 0 Å². The molecular weight excluding hydrogens is 269 g/mol. The third kappa shape index (κ3) is 4.69. The molecule has 0 atom stereocenters. The van der Waals surface area contributed by atoms with Crippen molar-refractivity contribution in [2.45, 2.75) is 25.3 Å². The number of rotatable bonds is 2. The van der Waals surface area contributed by atoms with Crippen LogP contribution in [-0.2, 0) is 0 Å². The van der Waals surface area contributed by atoms with E-state index in [0.29, 0.717) is 5.69 Å². The van der Waals surface area contributed by atoms with E-state index in [4.69, 9.17) is 0 Å². The van der Waals surface area contributed by atoms with Gasteiger partial charge in [0.2, 0.25) is 0 Å². The first-order valence-corrected chi connectivity index (χ1v) is 6.13. The summed E-state index contributed by atoms with van der Waals surface area (Å²) in [6, 6.07) is 5.58. The standard InChI is InChI=1S/C13H18FN3O.ClH/c1-13(5-7-15-8-6-13)17-12(18)16-11-4-2-3-10(14)9-11;/h2-4,9,15H,5-8H2,1H3,(H2,16,17,18);1H. The summed E-state index contributed by atoms with van der Waals surface area (Å²) >= 11 is 0. The van der Waals surface area contributed by atoms with Crippen LogP contribution in [-0.4, -0.2) is 24.7 Å². The molecule has 1 aliphatic heterocycles. The van der Waals surface area contributed by atoms with Crippen LogP contribution in [0.3, 0.4) is 0 Å². The van der Waals surface area contributed by atoms with Crippen LogP contribution < -0.4 is 16.0 Å². The number of carbonyl (C=O) groups is 1. The van der Waals surface area contributed by atoms with E-state index in [9.17, 15) is 9.18 Å². The maximum atomic E-state index is 13.0. The molecule has 0 radical (unpaired) electrons. The SMILES string of the molecule is CC1(NC(=O)Nc2cccc(F)c2)CCNCC1.Cl. The van der Waals surface area contributed by atoms with E-state index in [1.807, 2.05) is 6.92 Å². The maximum Gasteiger partial charge on any atom is 0.319 e. The monoisotopic (exact) mass is 287 g/mol. The molecule has 0 unspecified atom stereocenters. The average molecular weight is 288 g/mol. The maximum absolute atomic E-state index is 13.0. The van der Waals surface area contributed by atoms with Gasteiger partial charge in [0, 0.05) is 11.2 Å². The molecule has 0 saturated carbocycles. The molecular formula is C13H19ClFN3O. The van der Waals surface area contributed by atoms with E-state index < -0.39 is 0 Å². The van der Waals surface area contributed by atoms with Crippen molar-refractivity contribution in [2.75, 3.05) is 18.4 Å². The topological polar surface area (TPSA) is 53.2 Å². The number of nitrogens with one attached hydrogen (secondary N) is 3. The zero-order valence-electron chi connectivity index (χ0n) is 10.8. The Morgan fingerprint density at radius 1 is 1.37 bits per heavy atom. The molecule has 1 fully saturated rings. The molecule has 0 spiro atoms. The van der Waals surface area contributed by atoms with E-state index in [2.05, 4.69) is 16.0 Å².